The molecule has 0 fully saturated rings. The van der Waals surface area contributed by atoms with Gasteiger partial charge >= 0.3 is 0 Å². The lowest BCUT2D eigenvalue weighted by molar-refractivity contribution is -0.117. The number of amides is 2. The van der Waals surface area contributed by atoms with E-state index in [1.807, 2.05) is 10.6 Å². The number of carbonyl (C=O) groups is 2. The van der Waals surface area contributed by atoms with Gasteiger partial charge in [-0.3, -0.25) is 14.2 Å². The molecule has 1 heterocycles. The molecule has 0 aliphatic heterocycles. The molecule has 0 radical (unpaired) electrons. The predicted molar refractivity (Wildman–Crippen MR) is 105 cm³/mol. The van der Waals surface area contributed by atoms with Crippen LogP contribution in [0.5, 0.6) is 0 Å². The van der Waals surface area contributed by atoms with Crippen LogP contribution in [0, 0.1) is 34.9 Å². The van der Waals surface area contributed by atoms with Gasteiger partial charge in [-0.05, 0) is 24.3 Å². The summed E-state index contributed by atoms with van der Waals surface area (Å²) in [5.41, 5.74) is 4.42. The van der Waals surface area contributed by atoms with Gasteiger partial charge in [0.15, 0.2) is 40.1 Å². The summed E-state index contributed by atoms with van der Waals surface area (Å²) in [4.78, 5) is 24.2. The van der Waals surface area contributed by atoms with Crippen molar-refractivity contribution in [2.75, 3.05) is 22.1 Å². The first kappa shape index (κ1) is 23.9. The van der Waals surface area contributed by atoms with Crippen LogP contribution in [0.4, 0.5) is 43.7 Å². The second kappa shape index (κ2) is 9.81. The number of nitrogens with two attached hydrogens (primary N) is 1. The van der Waals surface area contributed by atoms with Crippen molar-refractivity contribution < 1.29 is 35.9 Å². The van der Waals surface area contributed by atoms with E-state index in [4.69, 9.17) is 5.73 Å². The van der Waals surface area contributed by atoms with Crippen LogP contribution < -0.4 is 16.4 Å². The third kappa shape index (κ3) is 5.36. The molecule has 0 spiro atoms. The number of aromatic nitrogens is 3. The van der Waals surface area contributed by atoms with Gasteiger partial charge in [-0.2, -0.15) is 0 Å². The molecule has 0 saturated heterocycles. The van der Waals surface area contributed by atoms with Crippen LogP contribution in [-0.2, 0) is 16.1 Å². The van der Waals surface area contributed by atoms with Gasteiger partial charge in [-0.1, -0.05) is 11.8 Å². The van der Waals surface area contributed by atoms with E-state index < -0.39 is 70.4 Å². The average Bonchev–Trinajstić information content (AvgIpc) is 3.12. The summed E-state index contributed by atoms with van der Waals surface area (Å²) in [6.45, 7) is -0.584. The average molecular weight is 490 g/mol. The number of hydrogen-bond donors (Lipinski definition) is 3. The lowest BCUT2D eigenvalue weighted by atomic mass is 10.2. The van der Waals surface area contributed by atoms with Crippen LogP contribution in [-0.4, -0.2) is 32.3 Å². The molecule has 174 valence electrons. The van der Waals surface area contributed by atoms with E-state index in [1.54, 1.807) is 0 Å². The Hall–Kier alpha value is -3.75. The molecule has 0 saturated carbocycles. The van der Waals surface area contributed by atoms with E-state index >= 15 is 0 Å². The molecule has 8 nitrogen and oxygen atoms in total. The molecule has 2 aromatic carbocycles. The number of thioether (sulfide) groups is 1. The summed E-state index contributed by atoms with van der Waals surface area (Å²) in [6.07, 6.45) is 0. The fourth-order valence-corrected chi connectivity index (χ4v) is 3.19. The van der Waals surface area contributed by atoms with Crippen LogP contribution in [0.25, 0.3) is 0 Å². The highest BCUT2D eigenvalue weighted by Gasteiger charge is 2.20. The zero-order valence-corrected chi connectivity index (χ0v) is 17.0. The molecule has 0 aliphatic rings. The number of hydrogen-bond acceptors (Lipinski definition) is 6. The summed E-state index contributed by atoms with van der Waals surface area (Å²) in [6, 6.07) is 2.90. The standard InChI is InChI=1S/C18H12F6N6O2S/c19-7-1-3-9(15(23)13(7)21)26-11(31)5-30-17(25)28-29-18(30)33-6-12(32)27-10-4-2-8(20)14(22)16(10)24/h1-4H,5-6H2,(H2,25,28)(H,26,31)(H,27,32). The molecule has 1 aromatic heterocycles. The van der Waals surface area contributed by atoms with Crippen molar-refractivity contribution in [1.82, 2.24) is 14.8 Å². The second-order valence-corrected chi connectivity index (χ2v) is 7.20. The monoisotopic (exact) mass is 490 g/mol. The zero-order chi connectivity index (χ0) is 24.3. The summed E-state index contributed by atoms with van der Waals surface area (Å²) >= 11 is 0.708. The Bertz CT molecular complexity index is 1240. The molecule has 4 N–H and O–H groups in total. The minimum Gasteiger partial charge on any atom is -0.368 e. The maximum Gasteiger partial charge on any atom is 0.244 e. The molecule has 0 bridgehead atoms. The maximum atomic E-state index is 13.7. The number of carbonyl (C=O) groups excluding carboxylic acids is 2. The fraction of sp³-hybridized carbons (Fsp3) is 0.111. The van der Waals surface area contributed by atoms with Gasteiger partial charge < -0.3 is 16.4 Å². The number of benzene rings is 2. The number of nitrogen functional groups attached to an aromatic ring is 1. The highest BCUT2D eigenvalue weighted by molar-refractivity contribution is 7.99. The van der Waals surface area contributed by atoms with Crippen molar-refractivity contribution in [3.8, 4) is 0 Å². The SMILES string of the molecule is Nc1nnc(SCC(=O)Nc2ccc(F)c(F)c2F)n1CC(=O)Nc1ccc(F)c(F)c1F. The Balaban J connectivity index is 1.64. The lowest BCUT2D eigenvalue weighted by Gasteiger charge is -2.10. The van der Waals surface area contributed by atoms with E-state index in [9.17, 15) is 35.9 Å². The number of nitrogens with zero attached hydrogens (tertiary/aromatic N) is 3. The van der Waals surface area contributed by atoms with Crippen molar-refractivity contribution in [3.63, 3.8) is 0 Å². The molecule has 2 amide bonds. The van der Waals surface area contributed by atoms with Crippen molar-refractivity contribution in [2.24, 2.45) is 0 Å². The molecule has 3 aromatic rings. The number of halogens is 6. The summed E-state index contributed by atoms with van der Waals surface area (Å²) in [5, 5.41) is 11.2. The molecule has 0 aliphatic carbocycles. The number of anilines is 3. The third-order valence-corrected chi connectivity index (χ3v) is 4.96. The molecular formula is C18H12F6N6O2S. The van der Waals surface area contributed by atoms with E-state index in [-0.39, 0.29) is 11.1 Å². The molecular weight excluding hydrogens is 478 g/mol. The quantitative estimate of drug-likeness (QED) is 0.267. The van der Waals surface area contributed by atoms with Crippen molar-refractivity contribution in [1.29, 1.82) is 0 Å². The van der Waals surface area contributed by atoms with E-state index in [1.165, 1.54) is 0 Å². The van der Waals surface area contributed by atoms with Crippen molar-refractivity contribution >= 4 is 40.9 Å². The summed E-state index contributed by atoms with van der Waals surface area (Å²) in [5.74, 6) is -12.0. The minimum atomic E-state index is -1.77. The van der Waals surface area contributed by atoms with Gasteiger partial charge in [0.2, 0.25) is 17.8 Å². The van der Waals surface area contributed by atoms with Gasteiger partial charge in [0.1, 0.15) is 6.54 Å². The van der Waals surface area contributed by atoms with Crippen LogP contribution in [0.2, 0.25) is 0 Å². The Labute approximate surface area is 185 Å². The highest BCUT2D eigenvalue weighted by atomic mass is 32.2. The van der Waals surface area contributed by atoms with Gasteiger partial charge in [0.25, 0.3) is 0 Å². The fourth-order valence-electron chi connectivity index (χ4n) is 2.45. The third-order valence-electron chi connectivity index (χ3n) is 4.00. The first-order valence-electron chi connectivity index (χ1n) is 8.76. The van der Waals surface area contributed by atoms with Crippen molar-refractivity contribution in [2.45, 2.75) is 11.7 Å². The zero-order valence-electron chi connectivity index (χ0n) is 16.1. The minimum absolute atomic E-state index is 0.0469. The molecule has 3 rings (SSSR count). The first-order chi connectivity index (χ1) is 15.6. The number of rotatable bonds is 7. The van der Waals surface area contributed by atoms with Crippen LogP contribution in [0.1, 0.15) is 0 Å². The summed E-state index contributed by atoms with van der Waals surface area (Å²) < 4.78 is 80.9. The molecule has 0 unspecified atom stereocenters. The topological polar surface area (TPSA) is 115 Å². The van der Waals surface area contributed by atoms with Gasteiger partial charge in [0, 0.05) is 0 Å². The first-order valence-corrected chi connectivity index (χ1v) is 9.75. The normalized spacial score (nSPS) is 10.8. The van der Waals surface area contributed by atoms with Crippen molar-refractivity contribution in [3.05, 3.63) is 59.2 Å². The largest absolute Gasteiger partial charge is 0.368 e. The molecule has 15 heteroatoms. The van der Waals surface area contributed by atoms with Crippen LogP contribution in [0.3, 0.4) is 0 Å². The Morgan fingerprint density at radius 2 is 1.33 bits per heavy atom. The smallest absolute Gasteiger partial charge is 0.244 e. The predicted octanol–water partition coefficient (Wildman–Crippen LogP) is 3.06. The lowest BCUT2D eigenvalue weighted by Crippen LogP contribution is -2.22. The molecule has 33 heavy (non-hydrogen) atoms. The van der Waals surface area contributed by atoms with E-state index in [0.717, 1.165) is 16.7 Å². The highest BCUT2D eigenvalue weighted by Crippen LogP contribution is 2.23. The summed E-state index contributed by atoms with van der Waals surface area (Å²) in [7, 11) is 0. The maximum absolute atomic E-state index is 13.7. The Morgan fingerprint density at radius 3 is 1.88 bits per heavy atom. The molecule has 0 atom stereocenters. The van der Waals surface area contributed by atoms with Crippen LogP contribution in [0.15, 0.2) is 29.4 Å². The van der Waals surface area contributed by atoms with Gasteiger partial charge in [-0.25, -0.2) is 26.3 Å². The van der Waals surface area contributed by atoms with E-state index in [0.29, 0.717) is 23.9 Å². The number of nitrogens with one attached hydrogen (secondary N) is 2. The van der Waals surface area contributed by atoms with Gasteiger partial charge in [-0.15, -0.1) is 10.2 Å². The second-order valence-electron chi connectivity index (χ2n) is 6.26. The van der Waals surface area contributed by atoms with E-state index in [2.05, 4.69) is 10.2 Å². The Morgan fingerprint density at radius 1 is 0.818 bits per heavy atom. The van der Waals surface area contributed by atoms with Crippen LogP contribution >= 0.6 is 11.8 Å². The van der Waals surface area contributed by atoms with Gasteiger partial charge in [0.05, 0.1) is 17.1 Å². The Kier molecular flexibility index (Phi) is 7.10.